The summed E-state index contributed by atoms with van der Waals surface area (Å²) < 4.78 is 9.63. The molecule has 1 amide bonds. The fourth-order valence-electron chi connectivity index (χ4n) is 3.15. The molecule has 2 aliphatic rings. The third kappa shape index (κ3) is 3.84. The maximum atomic E-state index is 12.6. The van der Waals surface area contributed by atoms with Gasteiger partial charge in [-0.25, -0.2) is 4.98 Å². The van der Waals surface area contributed by atoms with Gasteiger partial charge in [-0.2, -0.15) is 4.37 Å². The normalized spacial score (nSPS) is 19.1. The van der Waals surface area contributed by atoms with Crippen molar-refractivity contribution >= 4 is 39.5 Å². The molecule has 134 valence electrons. The van der Waals surface area contributed by atoms with Crippen LogP contribution in [-0.2, 0) is 4.74 Å². The number of aromatic nitrogens is 2. The van der Waals surface area contributed by atoms with Crippen LogP contribution in [0.4, 0.5) is 10.7 Å². The van der Waals surface area contributed by atoms with E-state index in [-0.39, 0.29) is 5.91 Å². The summed E-state index contributed by atoms with van der Waals surface area (Å²) in [5, 5.41) is 10.3. The van der Waals surface area contributed by atoms with Gasteiger partial charge in [0.05, 0.1) is 30.1 Å². The highest BCUT2D eigenvalue weighted by atomic mass is 32.1. The highest BCUT2D eigenvalue weighted by Gasteiger charge is 2.22. The summed E-state index contributed by atoms with van der Waals surface area (Å²) in [6, 6.07) is 0. The predicted octanol–water partition coefficient (Wildman–Crippen LogP) is 2.16. The van der Waals surface area contributed by atoms with Crippen molar-refractivity contribution in [3.05, 3.63) is 22.3 Å². The van der Waals surface area contributed by atoms with E-state index < -0.39 is 0 Å². The first-order valence-electron chi connectivity index (χ1n) is 8.56. The van der Waals surface area contributed by atoms with Gasteiger partial charge in [0.25, 0.3) is 5.91 Å². The number of nitrogens with zero attached hydrogens (tertiary/aromatic N) is 3. The number of amides is 1. The number of morpholine rings is 1. The molecule has 7 nitrogen and oxygen atoms in total. The van der Waals surface area contributed by atoms with E-state index in [0.29, 0.717) is 24.8 Å². The van der Waals surface area contributed by atoms with E-state index in [1.807, 2.05) is 5.38 Å². The van der Waals surface area contributed by atoms with E-state index in [4.69, 9.17) is 4.74 Å². The molecular weight excluding hydrogens is 358 g/mol. The number of piperidine rings is 1. The summed E-state index contributed by atoms with van der Waals surface area (Å²) in [6.45, 7) is 5.10. The lowest BCUT2D eigenvalue weighted by atomic mass is 9.99. The van der Waals surface area contributed by atoms with Crippen LogP contribution < -0.4 is 15.5 Å². The molecule has 0 aliphatic carbocycles. The molecule has 0 atom stereocenters. The summed E-state index contributed by atoms with van der Waals surface area (Å²) >= 11 is 2.99. The van der Waals surface area contributed by atoms with Crippen molar-refractivity contribution in [2.75, 3.05) is 49.6 Å². The Hall–Kier alpha value is -1.55. The Kier molecular flexibility index (Phi) is 5.25. The van der Waals surface area contributed by atoms with Crippen LogP contribution in [0.5, 0.6) is 0 Å². The quantitative estimate of drug-likeness (QED) is 0.847. The standard InChI is InChI=1S/C16H21N5O2S2/c22-14(13-10-24-15(20-13)11-1-3-17-4-2-11)19-12-9-18-25-16(12)21-5-7-23-8-6-21/h9-11,17H,1-8H2,(H,19,22). The van der Waals surface area contributed by atoms with Crippen molar-refractivity contribution in [1.82, 2.24) is 14.7 Å². The number of hydrogen-bond acceptors (Lipinski definition) is 8. The van der Waals surface area contributed by atoms with E-state index in [2.05, 4.69) is 24.9 Å². The van der Waals surface area contributed by atoms with Crippen molar-refractivity contribution in [1.29, 1.82) is 0 Å². The summed E-state index contributed by atoms with van der Waals surface area (Å²) in [4.78, 5) is 19.4. The van der Waals surface area contributed by atoms with Gasteiger partial charge in [-0.1, -0.05) is 0 Å². The summed E-state index contributed by atoms with van der Waals surface area (Å²) in [5.41, 5.74) is 1.26. The second kappa shape index (κ2) is 7.77. The second-order valence-corrected chi connectivity index (χ2v) is 7.86. The minimum absolute atomic E-state index is 0.161. The van der Waals surface area contributed by atoms with Gasteiger partial charge in [0, 0.05) is 24.4 Å². The number of carbonyl (C=O) groups is 1. The Morgan fingerprint density at radius 1 is 1.32 bits per heavy atom. The molecule has 0 unspecified atom stereocenters. The zero-order chi connectivity index (χ0) is 17.1. The lowest BCUT2D eigenvalue weighted by molar-refractivity contribution is 0.102. The molecule has 2 aliphatic heterocycles. The van der Waals surface area contributed by atoms with Gasteiger partial charge in [0.15, 0.2) is 0 Å². The average molecular weight is 380 g/mol. The zero-order valence-electron chi connectivity index (χ0n) is 13.9. The molecule has 2 fully saturated rings. The minimum Gasteiger partial charge on any atom is -0.378 e. The zero-order valence-corrected chi connectivity index (χ0v) is 15.5. The number of ether oxygens (including phenoxy) is 1. The Labute approximate surface area is 154 Å². The summed E-state index contributed by atoms with van der Waals surface area (Å²) in [7, 11) is 0. The van der Waals surface area contributed by atoms with E-state index >= 15 is 0 Å². The Bertz CT molecular complexity index is 720. The molecule has 9 heteroatoms. The van der Waals surface area contributed by atoms with Gasteiger partial charge in [-0.3, -0.25) is 4.79 Å². The smallest absolute Gasteiger partial charge is 0.275 e. The topological polar surface area (TPSA) is 79.4 Å². The number of nitrogens with one attached hydrogen (secondary N) is 2. The summed E-state index contributed by atoms with van der Waals surface area (Å²) in [5.74, 6) is 0.311. The van der Waals surface area contributed by atoms with Crippen LogP contribution in [0.1, 0.15) is 34.3 Å². The molecule has 2 aromatic rings. The van der Waals surface area contributed by atoms with Crippen LogP contribution in [0.2, 0.25) is 0 Å². The lowest BCUT2D eigenvalue weighted by Gasteiger charge is -2.27. The molecule has 0 saturated carbocycles. The number of anilines is 2. The molecule has 0 bridgehead atoms. The number of rotatable bonds is 4. The molecule has 4 heterocycles. The fourth-order valence-corrected chi connectivity index (χ4v) is 4.88. The SMILES string of the molecule is O=C(Nc1cnsc1N1CCOCC1)c1csc(C2CCNCC2)n1. The lowest BCUT2D eigenvalue weighted by Crippen LogP contribution is -2.36. The first-order valence-corrected chi connectivity index (χ1v) is 10.2. The molecule has 2 N–H and O–H groups in total. The third-order valence-electron chi connectivity index (χ3n) is 4.54. The van der Waals surface area contributed by atoms with Crippen LogP contribution in [0.25, 0.3) is 0 Å². The predicted molar refractivity (Wildman–Crippen MR) is 100 cm³/mol. The Morgan fingerprint density at radius 2 is 2.12 bits per heavy atom. The Balaban J connectivity index is 1.44. The minimum atomic E-state index is -0.161. The highest BCUT2D eigenvalue weighted by Crippen LogP contribution is 2.32. The molecule has 2 aromatic heterocycles. The maximum absolute atomic E-state index is 12.6. The van der Waals surface area contributed by atoms with Crippen molar-refractivity contribution < 1.29 is 9.53 Å². The monoisotopic (exact) mass is 379 g/mol. The first kappa shape index (κ1) is 16.9. The number of hydrogen-bond donors (Lipinski definition) is 2. The molecule has 0 spiro atoms. The van der Waals surface area contributed by atoms with Gasteiger partial charge in [-0.15, -0.1) is 11.3 Å². The van der Waals surface area contributed by atoms with Gasteiger partial charge < -0.3 is 20.3 Å². The third-order valence-corrected chi connectivity index (χ3v) is 6.41. The maximum Gasteiger partial charge on any atom is 0.275 e. The average Bonchev–Trinajstić information content (AvgIpc) is 3.33. The van der Waals surface area contributed by atoms with Crippen LogP contribution >= 0.6 is 22.9 Å². The number of thiazole rings is 1. The van der Waals surface area contributed by atoms with Crippen molar-refractivity contribution in [3.8, 4) is 0 Å². The fraction of sp³-hybridized carbons (Fsp3) is 0.562. The van der Waals surface area contributed by atoms with E-state index in [9.17, 15) is 4.79 Å². The highest BCUT2D eigenvalue weighted by molar-refractivity contribution is 7.11. The van der Waals surface area contributed by atoms with Crippen LogP contribution in [0, 0.1) is 0 Å². The van der Waals surface area contributed by atoms with E-state index in [0.717, 1.165) is 54.7 Å². The molecule has 25 heavy (non-hydrogen) atoms. The summed E-state index contributed by atoms with van der Waals surface area (Å²) in [6.07, 6.45) is 3.89. The van der Waals surface area contributed by atoms with Gasteiger partial charge >= 0.3 is 0 Å². The van der Waals surface area contributed by atoms with Gasteiger partial charge in [0.1, 0.15) is 10.7 Å². The van der Waals surface area contributed by atoms with Gasteiger partial charge in [0.2, 0.25) is 0 Å². The van der Waals surface area contributed by atoms with Crippen LogP contribution in [0.3, 0.4) is 0 Å². The molecule has 0 aromatic carbocycles. The van der Waals surface area contributed by atoms with Crippen LogP contribution in [0.15, 0.2) is 11.6 Å². The largest absolute Gasteiger partial charge is 0.378 e. The second-order valence-electron chi connectivity index (χ2n) is 6.19. The van der Waals surface area contributed by atoms with E-state index in [1.54, 1.807) is 17.5 Å². The van der Waals surface area contributed by atoms with Crippen LogP contribution in [-0.4, -0.2) is 54.7 Å². The molecule has 0 radical (unpaired) electrons. The molecule has 2 saturated heterocycles. The Morgan fingerprint density at radius 3 is 2.92 bits per heavy atom. The first-order chi connectivity index (χ1) is 12.3. The van der Waals surface area contributed by atoms with E-state index in [1.165, 1.54) is 11.5 Å². The van der Waals surface area contributed by atoms with Crippen molar-refractivity contribution in [2.24, 2.45) is 0 Å². The molecule has 4 rings (SSSR count). The number of carbonyl (C=O) groups excluding carboxylic acids is 1. The van der Waals surface area contributed by atoms with Crippen molar-refractivity contribution in [2.45, 2.75) is 18.8 Å². The van der Waals surface area contributed by atoms with Gasteiger partial charge in [-0.05, 0) is 37.5 Å². The molecular formula is C16H21N5O2S2. The van der Waals surface area contributed by atoms with Crippen molar-refractivity contribution in [3.63, 3.8) is 0 Å².